The van der Waals surface area contributed by atoms with Crippen molar-refractivity contribution in [2.24, 2.45) is 0 Å². The second-order valence-electron chi connectivity index (χ2n) is 8.79. The van der Waals surface area contributed by atoms with Crippen molar-refractivity contribution in [2.75, 3.05) is 18.9 Å². The lowest BCUT2D eigenvalue weighted by Gasteiger charge is -2.42. The van der Waals surface area contributed by atoms with E-state index in [1.54, 1.807) is 4.52 Å². The van der Waals surface area contributed by atoms with Crippen LogP contribution in [0.25, 0.3) is 5.52 Å². The minimum absolute atomic E-state index is 0.00513. The van der Waals surface area contributed by atoms with Crippen LogP contribution in [0, 0.1) is 0 Å². The molecule has 0 spiro atoms. The molecule has 4 N–H and O–H groups in total. The molecule has 27 heavy (non-hydrogen) atoms. The van der Waals surface area contributed by atoms with Crippen molar-refractivity contribution in [2.45, 2.75) is 63.1 Å². The first-order chi connectivity index (χ1) is 12.5. The van der Waals surface area contributed by atoms with Gasteiger partial charge in [0.25, 0.3) is 0 Å². The number of nitrogens with two attached hydrogens (primary N) is 1. The Morgan fingerprint density at radius 2 is 2.00 bits per heavy atom. The van der Waals surface area contributed by atoms with Gasteiger partial charge in [0.05, 0.1) is 25.0 Å². The van der Waals surface area contributed by atoms with Crippen molar-refractivity contribution in [3.05, 3.63) is 24.2 Å². The van der Waals surface area contributed by atoms with Gasteiger partial charge >= 0.3 is 0 Å². The molecule has 0 saturated carbocycles. The largest absolute Gasteiger partial charge is 0.411 e. The molecule has 1 saturated heterocycles. The fourth-order valence-corrected chi connectivity index (χ4v) is 4.61. The van der Waals surface area contributed by atoms with Gasteiger partial charge in [0, 0.05) is 6.42 Å². The maximum absolute atomic E-state index is 10.1. The molecule has 0 amide bonds. The maximum Gasteiger partial charge on any atom is 0.192 e. The van der Waals surface area contributed by atoms with Crippen molar-refractivity contribution in [1.82, 2.24) is 14.6 Å². The van der Waals surface area contributed by atoms with E-state index in [9.17, 15) is 10.2 Å². The van der Waals surface area contributed by atoms with Gasteiger partial charge in [0.1, 0.15) is 23.5 Å². The third-order valence-electron chi connectivity index (χ3n) is 6.01. The molecule has 0 bridgehead atoms. The summed E-state index contributed by atoms with van der Waals surface area (Å²) in [6.45, 7) is 10.1. The fraction of sp³-hybridized carbons (Fsp3) is 0.667. The monoisotopic (exact) mass is 394 g/mol. The van der Waals surface area contributed by atoms with E-state index in [2.05, 4.69) is 43.9 Å². The van der Waals surface area contributed by atoms with Crippen molar-refractivity contribution in [3.63, 3.8) is 0 Å². The van der Waals surface area contributed by atoms with Crippen molar-refractivity contribution >= 4 is 19.7 Å². The van der Waals surface area contributed by atoms with Gasteiger partial charge in [0.15, 0.2) is 14.1 Å². The molecule has 3 rings (SSSR count). The molecule has 1 aliphatic rings. The molecule has 1 fully saturated rings. The number of hydrogen-bond donors (Lipinski definition) is 3. The van der Waals surface area contributed by atoms with E-state index in [1.807, 2.05) is 12.1 Å². The SMILES string of the molecule is CC(C)(C)[Si](C)(C)OC1C[C@H](c2ccc3c(N)ncnn23)OC1(CO)CO. The number of ether oxygens (including phenoxy) is 1. The molecule has 0 radical (unpaired) electrons. The van der Waals surface area contributed by atoms with Crippen LogP contribution in [0.5, 0.6) is 0 Å². The average molecular weight is 395 g/mol. The molecule has 1 aliphatic heterocycles. The average Bonchev–Trinajstić information content (AvgIpc) is 3.16. The highest BCUT2D eigenvalue weighted by atomic mass is 28.4. The van der Waals surface area contributed by atoms with Crippen LogP contribution in [-0.2, 0) is 9.16 Å². The number of nitrogens with zero attached hydrogens (tertiary/aromatic N) is 3. The van der Waals surface area contributed by atoms with Crippen LogP contribution in [0.15, 0.2) is 18.5 Å². The Morgan fingerprint density at radius 3 is 2.59 bits per heavy atom. The van der Waals surface area contributed by atoms with Crippen molar-refractivity contribution in [3.8, 4) is 0 Å². The predicted octanol–water partition coefficient (Wildman–Crippen LogP) is 1.89. The fourth-order valence-electron chi connectivity index (χ4n) is 3.23. The summed E-state index contributed by atoms with van der Waals surface area (Å²) in [6, 6.07) is 3.73. The molecule has 3 heterocycles. The summed E-state index contributed by atoms with van der Waals surface area (Å²) in [6.07, 6.45) is 1.12. The van der Waals surface area contributed by atoms with E-state index < -0.39 is 20.0 Å². The van der Waals surface area contributed by atoms with E-state index in [0.717, 1.165) is 5.69 Å². The Balaban J connectivity index is 1.95. The van der Waals surface area contributed by atoms with Crippen LogP contribution in [-0.4, -0.2) is 58.0 Å². The molecule has 8 nitrogen and oxygen atoms in total. The minimum Gasteiger partial charge on any atom is -0.411 e. The van der Waals surface area contributed by atoms with Gasteiger partial charge in [0.2, 0.25) is 0 Å². The summed E-state index contributed by atoms with van der Waals surface area (Å²) >= 11 is 0. The number of hydrogen-bond acceptors (Lipinski definition) is 7. The first kappa shape index (κ1) is 20.2. The number of aliphatic hydroxyl groups excluding tert-OH is 2. The quantitative estimate of drug-likeness (QED) is 0.663. The third kappa shape index (κ3) is 3.38. The first-order valence-corrected chi connectivity index (χ1v) is 12.1. The zero-order valence-electron chi connectivity index (χ0n) is 16.6. The summed E-state index contributed by atoms with van der Waals surface area (Å²) in [5.74, 6) is 0.388. The zero-order chi connectivity index (χ0) is 20.0. The predicted molar refractivity (Wildman–Crippen MR) is 105 cm³/mol. The highest BCUT2D eigenvalue weighted by Crippen LogP contribution is 2.46. The van der Waals surface area contributed by atoms with Crippen LogP contribution >= 0.6 is 0 Å². The number of aromatic nitrogens is 3. The summed E-state index contributed by atoms with van der Waals surface area (Å²) in [5.41, 5.74) is 6.27. The molecule has 150 valence electrons. The maximum atomic E-state index is 10.1. The van der Waals surface area contributed by atoms with Gasteiger partial charge in [-0.1, -0.05) is 20.8 Å². The van der Waals surface area contributed by atoms with Crippen LogP contribution in [0.4, 0.5) is 5.82 Å². The van der Waals surface area contributed by atoms with E-state index in [1.165, 1.54) is 6.33 Å². The standard InChI is InChI=1S/C18H30N4O4Si/c1-17(2,3)27(4,5)26-15-8-14(25-18(15,9-23)10-24)12-6-7-13-16(19)20-11-21-22(12)13/h6-7,11,14-15,23-24H,8-10H2,1-5H3,(H2,19,20,21)/t14-,15?/m1/s1. The second kappa shape index (κ2) is 6.82. The molecule has 9 heteroatoms. The van der Waals surface area contributed by atoms with Gasteiger partial charge in [-0.2, -0.15) is 5.10 Å². The Labute approximate surface area is 160 Å². The smallest absolute Gasteiger partial charge is 0.192 e. The first-order valence-electron chi connectivity index (χ1n) is 9.20. The van der Waals surface area contributed by atoms with Gasteiger partial charge in [-0.15, -0.1) is 0 Å². The van der Waals surface area contributed by atoms with Crippen LogP contribution in [0.1, 0.15) is 39.0 Å². The topological polar surface area (TPSA) is 115 Å². The highest BCUT2D eigenvalue weighted by Gasteiger charge is 2.53. The van der Waals surface area contributed by atoms with Gasteiger partial charge in [-0.3, -0.25) is 0 Å². The molecular formula is C18H30N4O4Si. The number of rotatable bonds is 5. The lowest BCUT2D eigenvalue weighted by Crippen LogP contribution is -2.54. The van der Waals surface area contributed by atoms with E-state index in [4.69, 9.17) is 14.9 Å². The van der Waals surface area contributed by atoms with Gasteiger partial charge in [-0.05, 0) is 30.3 Å². The molecule has 0 aromatic carbocycles. The lowest BCUT2D eigenvalue weighted by molar-refractivity contribution is -0.134. The van der Waals surface area contributed by atoms with Crippen LogP contribution in [0.2, 0.25) is 18.1 Å². The molecular weight excluding hydrogens is 364 g/mol. The Bertz CT molecular complexity index is 813. The number of fused-ring (bicyclic) bond motifs is 1. The van der Waals surface area contributed by atoms with Crippen molar-refractivity contribution in [1.29, 1.82) is 0 Å². The number of aliphatic hydroxyl groups is 2. The third-order valence-corrected chi connectivity index (χ3v) is 10.5. The summed E-state index contributed by atoms with van der Waals surface area (Å²) in [7, 11) is -2.12. The van der Waals surface area contributed by atoms with Gasteiger partial charge < -0.3 is 25.1 Å². The second-order valence-corrected chi connectivity index (χ2v) is 13.5. The molecule has 2 aromatic rings. The Morgan fingerprint density at radius 1 is 1.33 bits per heavy atom. The summed E-state index contributed by atoms with van der Waals surface area (Å²) < 4.78 is 14.4. The molecule has 2 atom stereocenters. The Kier molecular flexibility index (Phi) is 5.11. The number of nitrogen functional groups attached to an aromatic ring is 1. The minimum atomic E-state index is -2.12. The highest BCUT2D eigenvalue weighted by molar-refractivity contribution is 6.74. The zero-order valence-corrected chi connectivity index (χ0v) is 17.6. The molecule has 1 unspecified atom stereocenters. The van der Waals surface area contributed by atoms with Gasteiger partial charge in [-0.25, -0.2) is 9.50 Å². The van der Waals surface area contributed by atoms with Crippen LogP contribution in [0.3, 0.4) is 0 Å². The molecule has 2 aromatic heterocycles. The van der Waals surface area contributed by atoms with E-state index >= 15 is 0 Å². The summed E-state index contributed by atoms with van der Waals surface area (Å²) in [5, 5.41) is 24.4. The van der Waals surface area contributed by atoms with Crippen molar-refractivity contribution < 1.29 is 19.4 Å². The summed E-state index contributed by atoms with van der Waals surface area (Å²) in [4.78, 5) is 4.00. The normalized spacial score (nSPS) is 23.2. The lowest BCUT2D eigenvalue weighted by atomic mass is 9.98. The van der Waals surface area contributed by atoms with Crippen LogP contribution < -0.4 is 5.73 Å². The molecule has 0 aliphatic carbocycles. The number of anilines is 1. The van der Waals surface area contributed by atoms with E-state index in [-0.39, 0.29) is 24.4 Å². The Hall–Kier alpha value is -1.52. The van der Waals surface area contributed by atoms with E-state index in [0.29, 0.717) is 17.8 Å².